The van der Waals surface area contributed by atoms with Crippen LogP contribution in [0.3, 0.4) is 0 Å². The summed E-state index contributed by atoms with van der Waals surface area (Å²) < 4.78 is 0. The Morgan fingerprint density at radius 2 is 1.29 bits per heavy atom. The number of benzene rings is 2. The summed E-state index contributed by atoms with van der Waals surface area (Å²) in [6, 6.07) is 19.0. The Labute approximate surface area is 253 Å². The molecule has 8 heteroatoms. The first-order chi connectivity index (χ1) is 20.3. The maximum Gasteiger partial charge on any atom is 0.239 e. The fraction of sp³-hybridized carbons (Fsp3) is 0.588. The fourth-order valence-electron chi connectivity index (χ4n) is 5.95. The first kappa shape index (κ1) is 33.7. The van der Waals surface area contributed by atoms with Gasteiger partial charge in [-0.15, -0.1) is 0 Å². The van der Waals surface area contributed by atoms with Crippen molar-refractivity contribution in [3.05, 3.63) is 71.8 Å². The molecule has 0 aliphatic carbocycles. The second kappa shape index (κ2) is 18.0. The highest BCUT2D eigenvalue weighted by atomic mass is 16.2. The Bertz CT molecular complexity index is 1050. The molecule has 1 aliphatic heterocycles. The van der Waals surface area contributed by atoms with Gasteiger partial charge in [-0.2, -0.15) is 0 Å². The van der Waals surface area contributed by atoms with Crippen molar-refractivity contribution in [1.29, 1.82) is 0 Å². The summed E-state index contributed by atoms with van der Waals surface area (Å²) in [6.07, 6.45) is 6.27. The maximum atomic E-state index is 13.9. The molecule has 4 atom stereocenters. The zero-order valence-electron chi connectivity index (χ0n) is 25.8. The highest BCUT2D eigenvalue weighted by Gasteiger charge is 2.40. The van der Waals surface area contributed by atoms with Crippen molar-refractivity contribution in [3.8, 4) is 0 Å². The molecule has 2 aromatic rings. The number of hydrogen-bond acceptors (Lipinski definition) is 6. The van der Waals surface area contributed by atoms with E-state index in [1.165, 1.54) is 11.1 Å². The molecule has 2 amide bonds. The number of rotatable bonds is 17. The highest BCUT2D eigenvalue weighted by molar-refractivity contribution is 5.84. The molecule has 1 saturated heterocycles. The second-order valence-corrected chi connectivity index (χ2v) is 12.2. The molecule has 0 aromatic heterocycles. The smallest absolute Gasteiger partial charge is 0.239 e. The van der Waals surface area contributed by atoms with Crippen LogP contribution in [0.2, 0.25) is 0 Å². The fourth-order valence-corrected chi connectivity index (χ4v) is 5.95. The van der Waals surface area contributed by atoms with Crippen LogP contribution in [0.25, 0.3) is 0 Å². The number of hydrogen-bond donors (Lipinski definition) is 4. The minimum absolute atomic E-state index is 0.00771. The number of carbonyl (C=O) groups is 2. The maximum absolute atomic E-state index is 13.9. The van der Waals surface area contributed by atoms with Gasteiger partial charge in [0.05, 0.1) is 12.1 Å². The third-order valence-electron chi connectivity index (χ3n) is 8.28. The predicted molar refractivity (Wildman–Crippen MR) is 172 cm³/mol. The highest BCUT2D eigenvalue weighted by Crippen LogP contribution is 2.26. The number of carbonyl (C=O) groups excluding carboxylic acids is 2. The van der Waals surface area contributed by atoms with Crippen LogP contribution in [-0.2, 0) is 22.4 Å². The Kier molecular flexibility index (Phi) is 14.5. The van der Waals surface area contributed by atoms with Crippen molar-refractivity contribution >= 4 is 11.8 Å². The van der Waals surface area contributed by atoms with E-state index in [9.17, 15) is 9.59 Å². The van der Waals surface area contributed by atoms with E-state index in [1.54, 1.807) is 0 Å². The number of nitrogens with one attached hydrogen (secondary N) is 1. The Balaban J connectivity index is 1.72. The van der Waals surface area contributed by atoms with Crippen LogP contribution in [0.15, 0.2) is 60.7 Å². The van der Waals surface area contributed by atoms with E-state index >= 15 is 0 Å². The summed E-state index contributed by atoms with van der Waals surface area (Å²) >= 11 is 0. The van der Waals surface area contributed by atoms with Gasteiger partial charge in [0.2, 0.25) is 11.8 Å². The van der Waals surface area contributed by atoms with Gasteiger partial charge in [-0.3, -0.25) is 9.59 Å². The van der Waals surface area contributed by atoms with Crippen LogP contribution in [0.4, 0.5) is 0 Å². The van der Waals surface area contributed by atoms with Crippen LogP contribution in [0.1, 0.15) is 63.5 Å². The van der Waals surface area contributed by atoms with Crippen molar-refractivity contribution in [2.75, 3.05) is 32.7 Å². The molecule has 0 radical (unpaired) electrons. The molecule has 0 spiro atoms. The number of amides is 2. The van der Waals surface area contributed by atoms with Crippen LogP contribution in [0.5, 0.6) is 0 Å². The first-order valence-corrected chi connectivity index (χ1v) is 15.9. The second-order valence-electron chi connectivity index (χ2n) is 12.2. The van der Waals surface area contributed by atoms with Crippen molar-refractivity contribution in [2.24, 2.45) is 23.1 Å². The third kappa shape index (κ3) is 10.8. The summed E-state index contributed by atoms with van der Waals surface area (Å²) in [5, 5.41) is 3.35. The van der Waals surface area contributed by atoms with Gasteiger partial charge in [-0.1, -0.05) is 80.9 Å². The van der Waals surface area contributed by atoms with Crippen molar-refractivity contribution < 1.29 is 9.59 Å². The van der Waals surface area contributed by atoms with Gasteiger partial charge in [0, 0.05) is 38.3 Å². The van der Waals surface area contributed by atoms with Crippen molar-refractivity contribution in [3.63, 3.8) is 0 Å². The minimum Gasteiger partial charge on any atom is -0.335 e. The summed E-state index contributed by atoms with van der Waals surface area (Å²) in [4.78, 5) is 31.7. The molecule has 2 aromatic carbocycles. The number of aryl methyl sites for hydroxylation is 2. The third-order valence-corrected chi connectivity index (χ3v) is 8.28. The molecule has 0 unspecified atom stereocenters. The number of unbranched alkanes of at least 4 members (excludes halogenated alkanes) is 1. The monoisotopic (exact) mass is 578 g/mol. The lowest BCUT2D eigenvalue weighted by Crippen LogP contribution is -2.65. The van der Waals surface area contributed by atoms with Crippen LogP contribution >= 0.6 is 0 Å². The van der Waals surface area contributed by atoms with Crippen molar-refractivity contribution in [1.82, 2.24) is 15.1 Å². The largest absolute Gasteiger partial charge is 0.335 e. The minimum atomic E-state index is -0.575. The molecule has 0 saturated carbocycles. The van der Waals surface area contributed by atoms with E-state index in [4.69, 9.17) is 17.2 Å². The summed E-state index contributed by atoms with van der Waals surface area (Å²) in [5.41, 5.74) is 21.0. The molecular formula is C34H54N6O2. The molecule has 1 fully saturated rings. The zero-order valence-corrected chi connectivity index (χ0v) is 25.8. The van der Waals surface area contributed by atoms with Gasteiger partial charge in [-0.25, -0.2) is 0 Å². The average Bonchev–Trinajstić information content (AvgIpc) is 3.00. The van der Waals surface area contributed by atoms with Crippen LogP contribution in [0, 0.1) is 5.92 Å². The standard InChI is InChI=1S/C34H54N6O2/c1-26(2)23-30-25-39(33(41)31(36)18-16-27-11-5-3-6-12-27)29(15-9-10-21-38-22-20-35)24-40(30)34(42)32(37)19-17-28-13-7-4-8-14-28/h3-8,11-14,26,29-32,38H,9-10,15-25,35-37H2,1-2H3/t29-,30+,31+,32+/m0/s1. The number of piperazine rings is 1. The number of nitrogens with zero attached hydrogens (tertiary/aromatic N) is 2. The summed E-state index contributed by atoms with van der Waals surface area (Å²) in [5.74, 6) is 0.359. The van der Waals surface area contributed by atoms with E-state index in [-0.39, 0.29) is 23.9 Å². The molecule has 42 heavy (non-hydrogen) atoms. The lowest BCUT2D eigenvalue weighted by atomic mass is 9.93. The quantitative estimate of drug-likeness (QED) is 0.214. The van der Waals surface area contributed by atoms with Gasteiger partial charge in [0.15, 0.2) is 0 Å². The first-order valence-electron chi connectivity index (χ1n) is 15.9. The van der Waals surface area contributed by atoms with E-state index in [2.05, 4.69) is 43.4 Å². The van der Waals surface area contributed by atoms with Crippen LogP contribution < -0.4 is 22.5 Å². The zero-order chi connectivity index (χ0) is 30.3. The SMILES string of the molecule is CC(C)C[C@@H]1CN(C(=O)[C@H](N)CCc2ccccc2)[C@@H](CCCCNCCN)CN1C(=O)[C@H](N)CCc1ccccc1. The normalized spacial score (nSPS) is 18.7. The van der Waals surface area contributed by atoms with Gasteiger partial charge in [0.1, 0.15) is 0 Å². The average molecular weight is 579 g/mol. The molecule has 1 aliphatic rings. The molecule has 232 valence electrons. The molecular weight excluding hydrogens is 524 g/mol. The number of nitrogens with two attached hydrogens (primary N) is 3. The molecule has 7 N–H and O–H groups in total. The molecule has 3 rings (SSSR count). The predicted octanol–water partition coefficient (Wildman–Crippen LogP) is 3.08. The van der Waals surface area contributed by atoms with Crippen LogP contribution in [-0.4, -0.2) is 78.5 Å². The molecule has 1 heterocycles. The van der Waals surface area contributed by atoms with Gasteiger partial charge < -0.3 is 32.3 Å². The van der Waals surface area contributed by atoms with E-state index in [1.807, 2.05) is 46.2 Å². The Morgan fingerprint density at radius 3 is 1.79 bits per heavy atom. The van der Waals surface area contributed by atoms with E-state index < -0.39 is 12.1 Å². The molecule has 0 bridgehead atoms. The topological polar surface area (TPSA) is 131 Å². The van der Waals surface area contributed by atoms with E-state index in [0.29, 0.717) is 38.4 Å². The summed E-state index contributed by atoms with van der Waals surface area (Å²) in [7, 11) is 0. The van der Waals surface area contributed by atoms with Gasteiger partial charge >= 0.3 is 0 Å². The van der Waals surface area contributed by atoms with E-state index in [0.717, 1.165) is 51.6 Å². The Hall–Kier alpha value is -2.78. The lowest BCUT2D eigenvalue weighted by Gasteiger charge is -2.48. The Morgan fingerprint density at radius 1 is 0.786 bits per heavy atom. The van der Waals surface area contributed by atoms with Crippen molar-refractivity contribution in [2.45, 2.75) is 89.4 Å². The van der Waals surface area contributed by atoms with Gasteiger partial charge in [0.25, 0.3) is 0 Å². The lowest BCUT2D eigenvalue weighted by molar-refractivity contribution is -0.149. The molecule has 8 nitrogen and oxygen atoms in total. The van der Waals surface area contributed by atoms with Gasteiger partial charge in [-0.05, 0) is 68.5 Å². The summed E-state index contributed by atoms with van der Waals surface area (Å²) in [6.45, 7) is 7.63.